The van der Waals surface area contributed by atoms with Gasteiger partial charge in [0.05, 0.1) is 20.6 Å². The van der Waals surface area contributed by atoms with Gasteiger partial charge >= 0.3 is 0 Å². The number of nitrogens with zero attached hydrogens (tertiary/aromatic N) is 1. The number of halogens is 1. The van der Waals surface area contributed by atoms with Gasteiger partial charge in [-0.05, 0) is 29.8 Å². The Morgan fingerprint density at radius 3 is 2.57 bits per heavy atom. The lowest BCUT2D eigenvalue weighted by Crippen LogP contribution is -2.15. The van der Waals surface area contributed by atoms with E-state index in [9.17, 15) is 4.79 Å². The van der Waals surface area contributed by atoms with Crippen LogP contribution < -0.4 is 14.8 Å². The van der Waals surface area contributed by atoms with Crippen LogP contribution in [0.25, 0.3) is 0 Å². The van der Waals surface area contributed by atoms with Gasteiger partial charge in [-0.1, -0.05) is 22.0 Å². The van der Waals surface area contributed by atoms with Crippen molar-refractivity contribution in [1.29, 1.82) is 0 Å². The van der Waals surface area contributed by atoms with Gasteiger partial charge in [0.15, 0.2) is 11.5 Å². The summed E-state index contributed by atoms with van der Waals surface area (Å²) < 4.78 is 11.2. The van der Waals surface area contributed by atoms with Crippen molar-refractivity contribution in [1.82, 2.24) is 4.98 Å². The van der Waals surface area contributed by atoms with Gasteiger partial charge in [0.2, 0.25) is 5.91 Å². The second-order valence-corrected chi connectivity index (χ2v) is 5.09. The van der Waals surface area contributed by atoms with E-state index in [4.69, 9.17) is 9.47 Å². The summed E-state index contributed by atoms with van der Waals surface area (Å²) in [6, 6.07) is 8.90. The van der Waals surface area contributed by atoms with Gasteiger partial charge in [-0.25, -0.2) is 4.98 Å². The van der Waals surface area contributed by atoms with Crippen LogP contribution in [0.5, 0.6) is 11.5 Å². The first kappa shape index (κ1) is 15.3. The number of anilines is 1. The molecule has 0 aliphatic rings. The van der Waals surface area contributed by atoms with Crippen molar-refractivity contribution in [3.8, 4) is 11.5 Å². The Morgan fingerprint density at radius 1 is 1.24 bits per heavy atom. The summed E-state index contributed by atoms with van der Waals surface area (Å²) in [6.45, 7) is 0. The number of hydrogen-bond donors (Lipinski definition) is 1. The van der Waals surface area contributed by atoms with Gasteiger partial charge in [0, 0.05) is 10.7 Å². The number of benzene rings is 1. The van der Waals surface area contributed by atoms with Crippen molar-refractivity contribution in [2.75, 3.05) is 19.5 Å². The van der Waals surface area contributed by atoms with Crippen LogP contribution in [0.3, 0.4) is 0 Å². The Bertz CT molecular complexity index is 632. The predicted octanol–water partition coefficient (Wildman–Crippen LogP) is 3.04. The zero-order valence-electron chi connectivity index (χ0n) is 11.7. The molecule has 1 N–H and O–H groups in total. The number of ether oxygens (including phenoxy) is 2. The molecular formula is C15H15BrN2O3. The molecule has 0 saturated heterocycles. The maximum atomic E-state index is 12.0. The number of carbonyl (C=O) groups is 1. The second kappa shape index (κ2) is 7.08. The lowest BCUT2D eigenvalue weighted by atomic mass is 10.1. The average molecular weight is 351 g/mol. The number of amides is 1. The molecule has 6 heteroatoms. The van der Waals surface area contributed by atoms with Gasteiger partial charge < -0.3 is 14.8 Å². The van der Waals surface area contributed by atoms with Crippen LogP contribution in [0.1, 0.15) is 5.56 Å². The Morgan fingerprint density at radius 2 is 1.95 bits per heavy atom. The van der Waals surface area contributed by atoms with Crippen molar-refractivity contribution in [3.05, 3.63) is 46.6 Å². The van der Waals surface area contributed by atoms with Crippen LogP contribution in [0.4, 0.5) is 5.82 Å². The van der Waals surface area contributed by atoms with Crippen molar-refractivity contribution in [2.45, 2.75) is 6.42 Å². The topological polar surface area (TPSA) is 60.5 Å². The summed E-state index contributed by atoms with van der Waals surface area (Å²) in [7, 11) is 3.13. The highest BCUT2D eigenvalue weighted by atomic mass is 79.9. The molecule has 1 heterocycles. The van der Waals surface area contributed by atoms with Crippen molar-refractivity contribution in [3.63, 3.8) is 0 Å². The molecule has 0 atom stereocenters. The molecule has 0 spiro atoms. The third-order valence-corrected chi connectivity index (χ3v) is 3.57. The fourth-order valence-corrected chi connectivity index (χ4v) is 2.29. The maximum absolute atomic E-state index is 12.0. The van der Waals surface area contributed by atoms with E-state index in [1.807, 2.05) is 6.07 Å². The molecule has 2 aromatic rings. The minimum Gasteiger partial charge on any atom is -0.493 e. The number of pyridine rings is 1. The zero-order chi connectivity index (χ0) is 15.2. The highest BCUT2D eigenvalue weighted by molar-refractivity contribution is 9.10. The molecule has 110 valence electrons. The number of hydrogen-bond acceptors (Lipinski definition) is 4. The molecule has 0 aliphatic heterocycles. The largest absolute Gasteiger partial charge is 0.493 e. The smallest absolute Gasteiger partial charge is 0.229 e. The monoisotopic (exact) mass is 350 g/mol. The van der Waals surface area contributed by atoms with E-state index in [1.165, 1.54) is 0 Å². The molecule has 1 aromatic heterocycles. The van der Waals surface area contributed by atoms with Gasteiger partial charge in [0.1, 0.15) is 5.82 Å². The van der Waals surface area contributed by atoms with Gasteiger partial charge in [-0.15, -0.1) is 0 Å². The second-order valence-electron chi connectivity index (χ2n) is 4.24. The van der Waals surface area contributed by atoms with E-state index in [0.29, 0.717) is 17.3 Å². The molecule has 1 amide bonds. The number of methoxy groups -OCH3 is 2. The summed E-state index contributed by atoms with van der Waals surface area (Å²) in [5.74, 6) is 1.57. The van der Waals surface area contributed by atoms with E-state index in [2.05, 4.69) is 26.2 Å². The molecule has 21 heavy (non-hydrogen) atoms. The van der Waals surface area contributed by atoms with Crippen LogP contribution >= 0.6 is 15.9 Å². The predicted molar refractivity (Wildman–Crippen MR) is 83.8 cm³/mol. The molecule has 0 unspecified atom stereocenters. The van der Waals surface area contributed by atoms with Crippen LogP contribution in [-0.4, -0.2) is 25.1 Å². The summed E-state index contributed by atoms with van der Waals surface area (Å²) in [6.07, 6.45) is 1.83. The van der Waals surface area contributed by atoms with E-state index in [1.54, 1.807) is 44.7 Å². The molecule has 0 bridgehead atoms. The molecule has 5 nitrogen and oxygen atoms in total. The summed E-state index contributed by atoms with van der Waals surface area (Å²) in [5, 5.41) is 2.74. The van der Waals surface area contributed by atoms with Crippen molar-refractivity contribution in [2.24, 2.45) is 0 Å². The van der Waals surface area contributed by atoms with Crippen molar-refractivity contribution < 1.29 is 14.3 Å². The maximum Gasteiger partial charge on any atom is 0.229 e. The summed E-state index contributed by atoms with van der Waals surface area (Å²) in [5.41, 5.74) is 0.807. The van der Waals surface area contributed by atoms with Crippen molar-refractivity contribution >= 4 is 27.7 Å². The Labute approximate surface area is 131 Å². The number of aromatic nitrogens is 1. The van der Waals surface area contributed by atoms with Crippen LogP contribution in [0.2, 0.25) is 0 Å². The average Bonchev–Trinajstić information content (AvgIpc) is 2.49. The van der Waals surface area contributed by atoms with E-state index in [-0.39, 0.29) is 12.3 Å². The molecule has 0 radical (unpaired) electrons. The highest BCUT2D eigenvalue weighted by Crippen LogP contribution is 2.33. The quantitative estimate of drug-likeness (QED) is 0.900. The number of carbonyl (C=O) groups excluding carboxylic acids is 1. The minimum atomic E-state index is -0.151. The van der Waals surface area contributed by atoms with Crippen LogP contribution in [0.15, 0.2) is 41.0 Å². The molecule has 2 rings (SSSR count). The Balaban J connectivity index is 2.14. The van der Waals surface area contributed by atoms with E-state index in [0.717, 1.165) is 10.0 Å². The molecule has 0 aliphatic carbocycles. The van der Waals surface area contributed by atoms with E-state index < -0.39 is 0 Å². The van der Waals surface area contributed by atoms with Crippen LogP contribution in [0, 0.1) is 0 Å². The number of nitrogens with one attached hydrogen (secondary N) is 1. The fourth-order valence-electron chi connectivity index (χ4n) is 1.83. The summed E-state index contributed by atoms with van der Waals surface area (Å²) in [4.78, 5) is 16.1. The molecule has 1 aromatic carbocycles. The lowest BCUT2D eigenvalue weighted by Gasteiger charge is -2.12. The number of rotatable bonds is 5. The highest BCUT2D eigenvalue weighted by Gasteiger charge is 2.13. The molecular weight excluding hydrogens is 336 g/mol. The minimum absolute atomic E-state index is 0.151. The van der Waals surface area contributed by atoms with Gasteiger partial charge in [-0.2, -0.15) is 0 Å². The lowest BCUT2D eigenvalue weighted by molar-refractivity contribution is -0.115. The summed E-state index contributed by atoms with van der Waals surface area (Å²) >= 11 is 3.43. The van der Waals surface area contributed by atoms with Gasteiger partial charge in [0.25, 0.3) is 0 Å². The molecule has 0 fully saturated rings. The first-order chi connectivity index (χ1) is 10.1. The molecule has 0 saturated carbocycles. The zero-order valence-corrected chi connectivity index (χ0v) is 13.3. The Hall–Kier alpha value is -2.08. The van der Waals surface area contributed by atoms with E-state index >= 15 is 0 Å². The Kier molecular flexibility index (Phi) is 5.16. The van der Waals surface area contributed by atoms with Crippen LogP contribution in [-0.2, 0) is 11.2 Å². The van der Waals surface area contributed by atoms with Gasteiger partial charge in [-0.3, -0.25) is 4.79 Å². The first-order valence-electron chi connectivity index (χ1n) is 6.25. The normalized spacial score (nSPS) is 10.0. The standard InChI is InChI=1S/C15H15BrN2O3/c1-20-12-7-10(11(16)9-13(12)21-2)8-15(19)18-14-5-3-4-6-17-14/h3-7,9H,8H2,1-2H3,(H,17,18,19). The SMILES string of the molecule is COc1cc(Br)c(CC(=O)Nc2ccccn2)cc1OC. The first-order valence-corrected chi connectivity index (χ1v) is 7.04. The third-order valence-electron chi connectivity index (χ3n) is 2.84. The fraction of sp³-hybridized carbons (Fsp3) is 0.200. The third kappa shape index (κ3) is 3.95.